The van der Waals surface area contributed by atoms with Gasteiger partial charge in [0, 0.05) is 7.11 Å². The van der Waals surface area contributed by atoms with E-state index in [1.54, 1.807) is 7.11 Å². The van der Waals surface area contributed by atoms with E-state index in [0.29, 0.717) is 0 Å². The molecule has 0 aliphatic rings. The first kappa shape index (κ1) is 21.4. The third-order valence-electron chi connectivity index (χ3n) is 4.62. The van der Waals surface area contributed by atoms with Crippen molar-refractivity contribution in [1.82, 2.24) is 0 Å². The number of ether oxygens (including phenoxy) is 2. The topological polar surface area (TPSA) is 18.5 Å². The molecule has 0 aromatic heterocycles. The second-order valence-corrected chi connectivity index (χ2v) is 8.42. The highest BCUT2D eigenvalue weighted by molar-refractivity contribution is 7.98. The SMILES string of the molecule is COC(C)(C)CCCC(C)Oc1cc(C)cc(C)c1CCCSC. The van der Waals surface area contributed by atoms with Gasteiger partial charge < -0.3 is 9.47 Å². The highest BCUT2D eigenvalue weighted by Gasteiger charge is 2.17. The lowest BCUT2D eigenvalue weighted by Crippen LogP contribution is -2.23. The predicted octanol–water partition coefficient (Wildman–Crippen LogP) is 5.96. The van der Waals surface area contributed by atoms with Gasteiger partial charge in [0.15, 0.2) is 0 Å². The molecule has 1 aromatic rings. The Kier molecular flexibility index (Phi) is 9.22. The third kappa shape index (κ3) is 7.48. The Balaban J connectivity index is 2.67. The van der Waals surface area contributed by atoms with Crippen molar-refractivity contribution >= 4 is 11.8 Å². The van der Waals surface area contributed by atoms with Crippen LogP contribution >= 0.6 is 11.8 Å². The minimum atomic E-state index is -0.0391. The summed E-state index contributed by atoms with van der Waals surface area (Å²) >= 11 is 1.91. The van der Waals surface area contributed by atoms with Gasteiger partial charge in [-0.05, 0) is 101 Å². The Morgan fingerprint density at radius 2 is 1.88 bits per heavy atom. The monoisotopic (exact) mass is 352 g/mol. The van der Waals surface area contributed by atoms with E-state index in [9.17, 15) is 0 Å². The van der Waals surface area contributed by atoms with Crippen molar-refractivity contribution in [3.63, 3.8) is 0 Å². The van der Waals surface area contributed by atoms with E-state index >= 15 is 0 Å². The van der Waals surface area contributed by atoms with Crippen LogP contribution in [0.25, 0.3) is 0 Å². The minimum Gasteiger partial charge on any atom is -0.490 e. The molecular weight excluding hydrogens is 316 g/mol. The van der Waals surface area contributed by atoms with Crippen molar-refractivity contribution < 1.29 is 9.47 Å². The van der Waals surface area contributed by atoms with Crippen molar-refractivity contribution in [2.75, 3.05) is 19.1 Å². The van der Waals surface area contributed by atoms with Crippen LogP contribution in [0.5, 0.6) is 5.75 Å². The standard InChI is InChI=1S/C21H36O2S/c1-16-14-17(2)19(11-9-13-24-7)20(15-16)23-18(3)10-8-12-21(4,5)22-6/h14-15,18H,8-13H2,1-7H3. The first-order chi connectivity index (χ1) is 11.3. The number of benzene rings is 1. The molecule has 1 atom stereocenters. The molecule has 0 N–H and O–H groups in total. The molecule has 1 unspecified atom stereocenters. The van der Waals surface area contributed by atoms with Gasteiger partial charge in [-0.15, -0.1) is 0 Å². The minimum absolute atomic E-state index is 0.0391. The summed E-state index contributed by atoms with van der Waals surface area (Å²) in [5, 5.41) is 0. The summed E-state index contributed by atoms with van der Waals surface area (Å²) in [6.45, 7) is 10.8. The summed E-state index contributed by atoms with van der Waals surface area (Å²) in [5.74, 6) is 2.29. The van der Waals surface area contributed by atoms with E-state index < -0.39 is 0 Å². The fourth-order valence-electron chi connectivity index (χ4n) is 2.97. The number of aryl methyl sites for hydroxylation is 2. The molecule has 0 radical (unpaired) electrons. The molecule has 0 bridgehead atoms. The smallest absolute Gasteiger partial charge is 0.123 e. The quantitative estimate of drug-likeness (QED) is 0.458. The van der Waals surface area contributed by atoms with Crippen molar-refractivity contribution in [3.05, 3.63) is 28.8 Å². The Morgan fingerprint density at radius 1 is 1.17 bits per heavy atom. The van der Waals surface area contributed by atoms with Crippen molar-refractivity contribution in [3.8, 4) is 5.75 Å². The largest absolute Gasteiger partial charge is 0.490 e. The van der Waals surface area contributed by atoms with E-state index in [1.165, 1.54) is 28.9 Å². The van der Waals surface area contributed by atoms with Crippen LogP contribution in [-0.2, 0) is 11.2 Å². The van der Waals surface area contributed by atoms with E-state index in [1.807, 2.05) is 11.8 Å². The molecular formula is C21H36O2S. The maximum absolute atomic E-state index is 6.34. The zero-order chi connectivity index (χ0) is 18.2. The summed E-state index contributed by atoms with van der Waals surface area (Å²) in [5.41, 5.74) is 3.99. The van der Waals surface area contributed by atoms with Gasteiger partial charge in [-0.3, -0.25) is 0 Å². The Labute approximate surface area is 153 Å². The lowest BCUT2D eigenvalue weighted by atomic mass is 9.99. The summed E-state index contributed by atoms with van der Waals surface area (Å²) < 4.78 is 11.8. The van der Waals surface area contributed by atoms with Gasteiger partial charge in [-0.2, -0.15) is 11.8 Å². The fraction of sp³-hybridized carbons (Fsp3) is 0.714. The van der Waals surface area contributed by atoms with Crippen LogP contribution in [0.4, 0.5) is 0 Å². The molecule has 1 rings (SSSR count). The molecule has 138 valence electrons. The van der Waals surface area contributed by atoms with E-state index in [4.69, 9.17) is 9.47 Å². The normalized spacial score (nSPS) is 13.1. The number of rotatable bonds is 11. The lowest BCUT2D eigenvalue weighted by molar-refractivity contribution is 0.0116. The van der Waals surface area contributed by atoms with Gasteiger partial charge in [-0.1, -0.05) is 6.07 Å². The molecule has 0 aliphatic carbocycles. The second-order valence-electron chi connectivity index (χ2n) is 7.44. The van der Waals surface area contributed by atoms with Crippen LogP contribution in [0, 0.1) is 13.8 Å². The predicted molar refractivity (Wildman–Crippen MR) is 108 cm³/mol. The molecule has 0 amide bonds. The van der Waals surface area contributed by atoms with Crippen molar-refractivity contribution in [2.45, 2.75) is 78.4 Å². The molecule has 0 aliphatic heterocycles. The van der Waals surface area contributed by atoms with Crippen LogP contribution in [0.15, 0.2) is 12.1 Å². The molecule has 0 saturated heterocycles. The molecule has 24 heavy (non-hydrogen) atoms. The Bertz CT molecular complexity index is 497. The number of hydrogen-bond acceptors (Lipinski definition) is 3. The lowest BCUT2D eigenvalue weighted by Gasteiger charge is -2.24. The van der Waals surface area contributed by atoms with Gasteiger partial charge >= 0.3 is 0 Å². The molecule has 3 heteroatoms. The van der Waals surface area contributed by atoms with E-state index in [-0.39, 0.29) is 11.7 Å². The molecule has 2 nitrogen and oxygen atoms in total. The van der Waals surface area contributed by atoms with E-state index in [2.05, 4.69) is 53.0 Å². The van der Waals surface area contributed by atoms with Gasteiger partial charge in [0.05, 0.1) is 11.7 Å². The Morgan fingerprint density at radius 3 is 2.50 bits per heavy atom. The summed E-state index contributed by atoms with van der Waals surface area (Å²) in [6, 6.07) is 4.48. The fourth-order valence-corrected chi connectivity index (χ4v) is 3.40. The third-order valence-corrected chi connectivity index (χ3v) is 5.32. The average Bonchev–Trinajstić information content (AvgIpc) is 2.49. The maximum atomic E-state index is 6.34. The summed E-state index contributed by atoms with van der Waals surface area (Å²) in [4.78, 5) is 0. The molecule has 0 spiro atoms. The molecule has 0 saturated carbocycles. The number of thioether (sulfide) groups is 1. The highest BCUT2D eigenvalue weighted by Crippen LogP contribution is 2.28. The summed E-state index contributed by atoms with van der Waals surface area (Å²) in [7, 11) is 1.79. The van der Waals surface area contributed by atoms with Crippen LogP contribution < -0.4 is 4.74 Å². The van der Waals surface area contributed by atoms with Crippen LogP contribution in [0.2, 0.25) is 0 Å². The van der Waals surface area contributed by atoms with Crippen LogP contribution in [0.3, 0.4) is 0 Å². The van der Waals surface area contributed by atoms with Crippen molar-refractivity contribution in [1.29, 1.82) is 0 Å². The second kappa shape index (κ2) is 10.4. The average molecular weight is 353 g/mol. The van der Waals surface area contributed by atoms with Crippen LogP contribution in [-0.4, -0.2) is 30.8 Å². The maximum Gasteiger partial charge on any atom is 0.123 e. The van der Waals surface area contributed by atoms with Crippen molar-refractivity contribution in [2.24, 2.45) is 0 Å². The number of hydrogen-bond donors (Lipinski definition) is 0. The summed E-state index contributed by atoms with van der Waals surface area (Å²) in [6.07, 6.45) is 7.95. The first-order valence-corrected chi connectivity index (χ1v) is 10.5. The van der Waals surface area contributed by atoms with Crippen LogP contribution in [0.1, 0.15) is 63.1 Å². The first-order valence-electron chi connectivity index (χ1n) is 9.10. The number of methoxy groups -OCH3 is 1. The van der Waals surface area contributed by atoms with Gasteiger partial charge in [0.2, 0.25) is 0 Å². The van der Waals surface area contributed by atoms with Gasteiger partial charge in [-0.25, -0.2) is 0 Å². The Hall–Kier alpha value is -0.670. The zero-order valence-electron chi connectivity index (χ0n) is 16.7. The van der Waals surface area contributed by atoms with E-state index in [0.717, 1.165) is 31.4 Å². The molecule has 0 heterocycles. The molecule has 0 fully saturated rings. The molecule has 1 aromatic carbocycles. The zero-order valence-corrected chi connectivity index (χ0v) is 17.5. The van der Waals surface area contributed by atoms with Gasteiger partial charge in [0.1, 0.15) is 5.75 Å². The highest BCUT2D eigenvalue weighted by atomic mass is 32.2. The van der Waals surface area contributed by atoms with Gasteiger partial charge in [0.25, 0.3) is 0 Å².